The van der Waals surface area contributed by atoms with Gasteiger partial charge in [0, 0.05) is 25.6 Å². The molecule has 0 saturated heterocycles. The van der Waals surface area contributed by atoms with Crippen LogP contribution in [0.25, 0.3) is 10.8 Å². The monoisotopic (exact) mass is 436 g/mol. The summed E-state index contributed by atoms with van der Waals surface area (Å²) in [7, 11) is 1.32. The van der Waals surface area contributed by atoms with Crippen LogP contribution < -0.4 is 5.32 Å². The third-order valence-electron chi connectivity index (χ3n) is 5.60. The van der Waals surface area contributed by atoms with Crippen molar-refractivity contribution in [2.24, 2.45) is 0 Å². The van der Waals surface area contributed by atoms with Crippen molar-refractivity contribution >= 4 is 39.9 Å². The van der Waals surface area contributed by atoms with Crippen molar-refractivity contribution in [2.45, 2.75) is 31.8 Å². The van der Waals surface area contributed by atoms with Crippen molar-refractivity contribution in [2.75, 3.05) is 19.0 Å². The lowest BCUT2D eigenvalue weighted by Gasteiger charge is -2.23. The first-order valence-corrected chi connectivity index (χ1v) is 10.8. The number of hydrogen-bond donors (Lipinski definition) is 1. The lowest BCUT2D eigenvalue weighted by atomic mass is 10.0. The number of methoxy groups -OCH3 is 1. The molecule has 31 heavy (non-hydrogen) atoms. The maximum Gasteiger partial charge on any atom is 0.337 e. The van der Waals surface area contributed by atoms with E-state index in [-0.39, 0.29) is 5.91 Å². The van der Waals surface area contributed by atoms with E-state index in [1.165, 1.54) is 36.3 Å². The van der Waals surface area contributed by atoms with Crippen LogP contribution in [-0.2, 0) is 16.1 Å². The molecule has 0 radical (unpaired) electrons. The molecule has 1 amide bonds. The van der Waals surface area contributed by atoms with Gasteiger partial charge in [-0.15, -0.1) is 0 Å². The lowest BCUT2D eigenvalue weighted by Crippen LogP contribution is -2.29. The van der Waals surface area contributed by atoms with E-state index in [2.05, 4.69) is 52.7 Å². The number of anilines is 1. The van der Waals surface area contributed by atoms with Gasteiger partial charge in [-0.2, -0.15) is 0 Å². The van der Waals surface area contributed by atoms with Crippen LogP contribution in [0, 0.1) is 0 Å². The predicted molar refractivity (Wildman–Crippen MR) is 123 cm³/mol. The first-order valence-electron chi connectivity index (χ1n) is 10.4. The van der Waals surface area contributed by atoms with Crippen LogP contribution in [0.15, 0.2) is 60.7 Å². The van der Waals surface area contributed by atoms with Crippen molar-refractivity contribution in [3.8, 4) is 0 Å². The average molecular weight is 437 g/mol. The minimum atomic E-state index is -0.470. The summed E-state index contributed by atoms with van der Waals surface area (Å²) in [6, 6.07) is 20.0. The predicted octanol–water partition coefficient (Wildman–Crippen LogP) is 5.27. The van der Waals surface area contributed by atoms with E-state index in [1.54, 1.807) is 18.2 Å². The Morgan fingerprint density at radius 1 is 1.10 bits per heavy atom. The highest BCUT2D eigenvalue weighted by Gasteiger charge is 2.29. The number of fused-ring (bicyclic) bond motifs is 1. The van der Waals surface area contributed by atoms with Crippen LogP contribution in [0.1, 0.15) is 35.2 Å². The minimum Gasteiger partial charge on any atom is -0.465 e. The SMILES string of the molecule is COC(=O)c1ccc(Cl)c(NC(=O)CCN(Cc2cccc3ccccc23)C2CC2)c1. The molecule has 0 spiro atoms. The summed E-state index contributed by atoms with van der Waals surface area (Å²) >= 11 is 6.20. The van der Waals surface area contributed by atoms with Crippen molar-refractivity contribution in [3.05, 3.63) is 76.8 Å². The fourth-order valence-corrected chi connectivity index (χ4v) is 3.97. The summed E-state index contributed by atoms with van der Waals surface area (Å²) in [5.74, 6) is -0.602. The van der Waals surface area contributed by atoms with E-state index in [9.17, 15) is 9.59 Å². The third-order valence-corrected chi connectivity index (χ3v) is 5.93. The molecule has 0 atom stereocenters. The van der Waals surface area contributed by atoms with Gasteiger partial charge in [0.1, 0.15) is 0 Å². The minimum absolute atomic E-state index is 0.132. The van der Waals surface area contributed by atoms with Gasteiger partial charge in [0.15, 0.2) is 0 Å². The van der Waals surface area contributed by atoms with Crippen LogP contribution in [0.2, 0.25) is 5.02 Å². The highest BCUT2D eigenvalue weighted by atomic mass is 35.5. The Balaban J connectivity index is 1.41. The number of ether oxygens (including phenoxy) is 1. The van der Waals surface area contributed by atoms with Crippen molar-refractivity contribution in [3.63, 3.8) is 0 Å². The zero-order valence-electron chi connectivity index (χ0n) is 17.4. The van der Waals surface area contributed by atoms with Crippen LogP contribution >= 0.6 is 11.6 Å². The van der Waals surface area contributed by atoms with Crippen LogP contribution in [0.4, 0.5) is 5.69 Å². The molecule has 0 aromatic heterocycles. The topological polar surface area (TPSA) is 58.6 Å². The molecule has 1 aliphatic carbocycles. The quantitative estimate of drug-likeness (QED) is 0.488. The maximum absolute atomic E-state index is 12.6. The van der Waals surface area contributed by atoms with Crippen molar-refractivity contribution < 1.29 is 14.3 Å². The van der Waals surface area contributed by atoms with Crippen molar-refractivity contribution in [1.82, 2.24) is 4.90 Å². The molecule has 6 heteroatoms. The summed E-state index contributed by atoms with van der Waals surface area (Å²) in [5.41, 5.74) is 2.04. The van der Waals surface area contributed by atoms with E-state index < -0.39 is 5.97 Å². The number of amides is 1. The van der Waals surface area contributed by atoms with E-state index in [1.807, 2.05) is 0 Å². The zero-order chi connectivity index (χ0) is 21.8. The molecular weight excluding hydrogens is 412 g/mol. The number of carbonyl (C=O) groups excluding carboxylic acids is 2. The number of rotatable bonds is 8. The molecular formula is C25H25ClN2O3. The number of halogens is 1. The summed E-state index contributed by atoms with van der Waals surface area (Å²) in [6.45, 7) is 1.48. The van der Waals surface area contributed by atoms with Gasteiger partial charge < -0.3 is 10.1 Å². The summed E-state index contributed by atoms with van der Waals surface area (Å²) in [6.07, 6.45) is 2.68. The fourth-order valence-electron chi connectivity index (χ4n) is 3.80. The Bertz CT molecular complexity index is 1110. The average Bonchev–Trinajstić information content (AvgIpc) is 3.63. The first-order chi connectivity index (χ1) is 15.0. The van der Waals surface area contributed by atoms with E-state index in [0.29, 0.717) is 35.3 Å². The molecule has 1 aliphatic rings. The number of benzene rings is 3. The van der Waals surface area contributed by atoms with Gasteiger partial charge >= 0.3 is 5.97 Å². The second-order valence-electron chi connectivity index (χ2n) is 7.82. The summed E-state index contributed by atoms with van der Waals surface area (Å²) in [5, 5.41) is 5.70. The Kier molecular flexibility index (Phi) is 6.54. The normalized spacial score (nSPS) is 13.4. The molecule has 1 fully saturated rings. The number of hydrogen-bond acceptors (Lipinski definition) is 4. The molecule has 0 bridgehead atoms. The van der Waals surface area contributed by atoms with Gasteiger partial charge in [-0.3, -0.25) is 9.69 Å². The van der Waals surface area contributed by atoms with Gasteiger partial charge in [0.05, 0.1) is 23.4 Å². The molecule has 160 valence electrons. The maximum atomic E-state index is 12.6. The molecule has 1 N–H and O–H groups in total. The van der Waals surface area contributed by atoms with E-state index in [0.717, 1.165) is 6.54 Å². The lowest BCUT2D eigenvalue weighted by molar-refractivity contribution is -0.116. The number of esters is 1. The Morgan fingerprint density at radius 2 is 1.87 bits per heavy atom. The summed E-state index contributed by atoms with van der Waals surface area (Å²) in [4.78, 5) is 26.7. The second kappa shape index (κ2) is 9.50. The first kappa shape index (κ1) is 21.3. The standard InChI is InChI=1S/C25H25ClN2O3/c1-31-25(30)18-9-12-22(26)23(15-18)27-24(29)13-14-28(20-10-11-20)16-19-7-4-6-17-5-2-3-8-21(17)19/h2-9,12,15,20H,10-11,13-14,16H2,1H3,(H,27,29). The molecule has 0 unspecified atom stereocenters. The number of nitrogens with zero attached hydrogens (tertiary/aromatic N) is 1. The van der Waals surface area contributed by atoms with Crippen LogP contribution in [-0.4, -0.2) is 36.5 Å². The molecule has 0 heterocycles. The Hall–Kier alpha value is -2.89. The van der Waals surface area contributed by atoms with E-state index in [4.69, 9.17) is 16.3 Å². The van der Waals surface area contributed by atoms with Gasteiger partial charge in [0.2, 0.25) is 5.91 Å². The van der Waals surface area contributed by atoms with Crippen molar-refractivity contribution in [1.29, 1.82) is 0 Å². The number of carbonyl (C=O) groups is 2. The molecule has 1 saturated carbocycles. The highest BCUT2D eigenvalue weighted by molar-refractivity contribution is 6.33. The Morgan fingerprint density at radius 3 is 2.65 bits per heavy atom. The molecule has 3 aromatic rings. The summed E-state index contributed by atoms with van der Waals surface area (Å²) < 4.78 is 4.73. The molecule has 5 nitrogen and oxygen atoms in total. The van der Waals surface area contributed by atoms with Crippen LogP contribution in [0.3, 0.4) is 0 Å². The smallest absolute Gasteiger partial charge is 0.337 e. The highest BCUT2D eigenvalue weighted by Crippen LogP contribution is 2.30. The molecule has 3 aromatic carbocycles. The zero-order valence-corrected chi connectivity index (χ0v) is 18.2. The molecule has 4 rings (SSSR count). The third kappa shape index (κ3) is 5.24. The fraction of sp³-hybridized carbons (Fsp3) is 0.280. The van der Waals surface area contributed by atoms with Crippen LogP contribution in [0.5, 0.6) is 0 Å². The van der Waals surface area contributed by atoms with Gasteiger partial charge in [-0.25, -0.2) is 4.79 Å². The van der Waals surface area contributed by atoms with Gasteiger partial charge in [0.25, 0.3) is 0 Å². The van der Waals surface area contributed by atoms with Gasteiger partial charge in [-0.1, -0.05) is 54.1 Å². The second-order valence-corrected chi connectivity index (χ2v) is 8.23. The number of nitrogens with one attached hydrogen (secondary N) is 1. The van der Waals surface area contributed by atoms with E-state index >= 15 is 0 Å². The van der Waals surface area contributed by atoms with Gasteiger partial charge in [-0.05, 0) is 47.4 Å². The Labute approximate surface area is 186 Å². The molecule has 0 aliphatic heterocycles. The largest absolute Gasteiger partial charge is 0.465 e.